The largest absolute Gasteiger partial charge is 0.382 e. The molecule has 1 aliphatic rings. The molecule has 1 aromatic rings. The maximum absolute atomic E-state index is 12.1. The fourth-order valence-corrected chi connectivity index (χ4v) is 1.98. The summed E-state index contributed by atoms with van der Waals surface area (Å²) in [6, 6.07) is 1.52. The Morgan fingerprint density at radius 3 is 2.47 bits per heavy atom. The van der Waals surface area contributed by atoms with Crippen LogP contribution in [0.25, 0.3) is 0 Å². The summed E-state index contributed by atoms with van der Waals surface area (Å²) in [6.45, 7) is 1.01. The number of nitrogen functional groups attached to an aromatic ring is 1. The molecule has 94 valence electrons. The second kappa shape index (κ2) is 4.72. The quantitative estimate of drug-likeness (QED) is 0.741. The van der Waals surface area contributed by atoms with Gasteiger partial charge in [-0.1, -0.05) is 0 Å². The molecule has 2 unspecified atom stereocenters. The minimum Gasteiger partial charge on any atom is -0.382 e. The number of amides is 1. The predicted octanol–water partition coefficient (Wildman–Crippen LogP) is -0.522. The molecule has 7 nitrogen and oxygen atoms in total. The van der Waals surface area contributed by atoms with Crippen LogP contribution in [0.5, 0.6) is 0 Å². The number of H-pyrrole nitrogens is 1. The molecule has 3 N–H and O–H groups in total. The van der Waals surface area contributed by atoms with Gasteiger partial charge in [0, 0.05) is 33.4 Å². The molecule has 0 aromatic carbocycles. The van der Waals surface area contributed by atoms with E-state index in [0.717, 1.165) is 0 Å². The summed E-state index contributed by atoms with van der Waals surface area (Å²) in [4.78, 5) is 13.7. The van der Waals surface area contributed by atoms with E-state index in [0.29, 0.717) is 24.6 Å². The molecule has 1 saturated heterocycles. The van der Waals surface area contributed by atoms with Crippen LogP contribution in [0.2, 0.25) is 0 Å². The number of nitrogens with one attached hydrogen (secondary N) is 1. The van der Waals surface area contributed by atoms with E-state index in [4.69, 9.17) is 15.2 Å². The predicted molar refractivity (Wildman–Crippen MR) is 60.5 cm³/mol. The lowest BCUT2D eigenvalue weighted by Crippen LogP contribution is -2.30. The van der Waals surface area contributed by atoms with Crippen LogP contribution < -0.4 is 5.73 Å². The highest BCUT2D eigenvalue weighted by Gasteiger charge is 2.36. The SMILES string of the molecule is COC1CN(C(=O)c2cc(N)n[nH]2)CC1OC. The number of aromatic amines is 1. The molecule has 2 rings (SSSR count). The average Bonchev–Trinajstić information content (AvgIpc) is 2.93. The number of nitrogens with two attached hydrogens (primary N) is 1. The van der Waals surface area contributed by atoms with Gasteiger partial charge in [-0.3, -0.25) is 9.89 Å². The molecule has 1 aliphatic heterocycles. The fraction of sp³-hybridized carbons (Fsp3) is 0.600. The van der Waals surface area contributed by atoms with Crippen LogP contribution in [0.3, 0.4) is 0 Å². The molecule has 2 atom stereocenters. The Morgan fingerprint density at radius 1 is 1.47 bits per heavy atom. The van der Waals surface area contributed by atoms with Gasteiger partial charge in [0.2, 0.25) is 0 Å². The van der Waals surface area contributed by atoms with E-state index >= 15 is 0 Å². The van der Waals surface area contributed by atoms with Crippen LogP contribution in [-0.4, -0.2) is 60.5 Å². The molecule has 7 heteroatoms. The van der Waals surface area contributed by atoms with Crippen molar-refractivity contribution in [3.63, 3.8) is 0 Å². The number of methoxy groups -OCH3 is 2. The van der Waals surface area contributed by atoms with Crippen LogP contribution in [-0.2, 0) is 9.47 Å². The highest BCUT2D eigenvalue weighted by atomic mass is 16.5. The Hall–Kier alpha value is -1.60. The summed E-state index contributed by atoms with van der Waals surface area (Å²) in [5.74, 6) is 0.162. The third-order valence-corrected chi connectivity index (χ3v) is 2.94. The van der Waals surface area contributed by atoms with Crippen LogP contribution in [0.15, 0.2) is 6.07 Å². The lowest BCUT2D eigenvalue weighted by atomic mass is 10.3. The summed E-state index contributed by atoms with van der Waals surface area (Å²) in [7, 11) is 3.22. The smallest absolute Gasteiger partial charge is 0.272 e. The number of aromatic nitrogens is 2. The average molecular weight is 240 g/mol. The number of ether oxygens (including phenoxy) is 2. The number of carbonyl (C=O) groups is 1. The van der Waals surface area contributed by atoms with Crippen LogP contribution >= 0.6 is 0 Å². The Labute approximate surface area is 98.9 Å². The first-order valence-electron chi connectivity index (χ1n) is 5.31. The topological polar surface area (TPSA) is 93.5 Å². The maximum atomic E-state index is 12.1. The van der Waals surface area contributed by atoms with E-state index < -0.39 is 0 Å². The highest BCUT2D eigenvalue weighted by molar-refractivity contribution is 5.93. The molecule has 17 heavy (non-hydrogen) atoms. The van der Waals surface area contributed by atoms with Gasteiger partial charge in [0.25, 0.3) is 5.91 Å². The number of anilines is 1. The lowest BCUT2D eigenvalue weighted by Gasteiger charge is -2.13. The van der Waals surface area contributed by atoms with E-state index in [1.807, 2.05) is 0 Å². The molecule has 0 spiro atoms. The van der Waals surface area contributed by atoms with Crippen molar-refractivity contribution in [1.82, 2.24) is 15.1 Å². The van der Waals surface area contributed by atoms with Gasteiger partial charge < -0.3 is 20.1 Å². The van der Waals surface area contributed by atoms with Crippen LogP contribution in [0, 0.1) is 0 Å². The molecular weight excluding hydrogens is 224 g/mol. The van der Waals surface area contributed by atoms with E-state index in [2.05, 4.69) is 10.2 Å². The third-order valence-electron chi connectivity index (χ3n) is 2.94. The lowest BCUT2D eigenvalue weighted by molar-refractivity contribution is -0.00461. The first kappa shape index (κ1) is 11.9. The molecule has 2 heterocycles. The monoisotopic (exact) mass is 240 g/mol. The molecule has 0 bridgehead atoms. The van der Waals surface area contributed by atoms with Crippen molar-refractivity contribution in [1.29, 1.82) is 0 Å². The molecular formula is C10H16N4O3. The maximum Gasteiger partial charge on any atom is 0.272 e. The second-order valence-electron chi connectivity index (χ2n) is 3.96. The number of rotatable bonds is 3. The minimum absolute atomic E-state index is 0.0933. The summed E-state index contributed by atoms with van der Waals surface area (Å²) in [5, 5.41) is 6.33. The summed E-state index contributed by atoms with van der Waals surface area (Å²) >= 11 is 0. The third kappa shape index (κ3) is 2.25. The fourth-order valence-electron chi connectivity index (χ4n) is 1.98. The molecule has 1 aromatic heterocycles. The van der Waals surface area contributed by atoms with Crippen molar-refractivity contribution in [2.24, 2.45) is 0 Å². The van der Waals surface area contributed by atoms with Gasteiger partial charge in [0.1, 0.15) is 23.7 Å². The number of carbonyl (C=O) groups excluding carboxylic acids is 1. The van der Waals surface area contributed by atoms with Gasteiger partial charge in [-0.2, -0.15) is 5.10 Å². The van der Waals surface area contributed by atoms with Gasteiger partial charge in [0.15, 0.2) is 0 Å². The molecule has 0 radical (unpaired) electrons. The first-order chi connectivity index (χ1) is 8.15. The molecule has 0 saturated carbocycles. The van der Waals surface area contributed by atoms with Gasteiger partial charge in [-0.15, -0.1) is 0 Å². The summed E-state index contributed by atoms with van der Waals surface area (Å²) in [5.41, 5.74) is 5.84. The number of likely N-dealkylation sites (tertiary alicyclic amines) is 1. The van der Waals surface area contributed by atoms with Gasteiger partial charge in [-0.25, -0.2) is 0 Å². The normalized spacial score (nSPS) is 24.2. The standard InChI is InChI=1S/C10H16N4O3/c1-16-7-4-14(5-8(7)17-2)10(15)6-3-9(11)13-12-6/h3,7-8H,4-5H2,1-2H3,(H3,11,12,13). The zero-order chi connectivity index (χ0) is 12.4. The summed E-state index contributed by atoms with van der Waals surface area (Å²) in [6.07, 6.45) is -0.187. The van der Waals surface area contributed by atoms with Crippen molar-refractivity contribution in [2.45, 2.75) is 12.2 Å². The Kier molecular flexibility index (Phi) is 3.30. The zero-order valence-electron chi connectivity index (χ0n) is 9.84. The van der Waals surface area contributed by atoms with E-state index in [1.165, 1.54) is 6.07 Å². The van der Waals surface area contributed by atoms with E-state index in [9.17, 15) is 4.79 Å². The van der Waals surface area contributed by atoms with Crippen LogP contribution in [0.1, 0.15) is 10.5 Å². The van der Waals surface area contributed by atoms with Gasteiger partial charge in [0.05, 0.1) is 0 Å². The Morgan fingerprint density at radius 2 is 2.06 bits per heavy atom. The van der Waals surface area contributed by atoms with Crippen molar-refractivity contribution in [3.05, 3.63) is 11.8 Å². The van der Waals surface area contributed by atoms with Crippen molar-refractivity contribution in [3.8, 4) is 0 Å². The van der Waals surface area contributed by atoms with Crippen molar-refractivity contribution < 1.29 is 14.3 Å². The number of nitrogens with zero attached hydrogens (tertiary/aromatic N) is 2. The van der Waals surface area contributed by atoms with Crippen molar-refractivity contribution in [2.75, 3.05) is 33.0 Å². The van der Waals surface area contributed by atoms with E-state index in [-0.39, 0.29) is 18.1 Å². The summed E-state index contributed by atoms with van der Waals surface area (Å²) < 4.78 is 10.5. The molecule has 1 fully saturated rings. The minimum atomic E-state index is -0.143. The Bertz CT molecular complexity index is 394. The first-order valence-corrected chi connectivity index (χ1v) is 5.31. The number of hydrogen-bond acceptors (Lipinski definition) is 5. The van der Waals surface area contributed by atoms with Gasteiger partial charge >= 0.3 is 0 Å². The highest BCUT2D eigenvalue weighted by Crippen LogP contribution is 2.18. The zero-order valence-corrected chi connectivity index (χ0v) is 9.84. The second-order valence-corrected chi connectivity index (χ2v) is 3.96. The Balaban J connectivity index is 2.07. The van der Waals surface area contributed by atoms with Gasteiger partial charge in [-0.05, 0) is 0 Å². The number of hydrogen-bond donors (Lipinski definition) is 2. The van der Waals surface area contributed by atoms with E-state index in [1.54, 1.807) is 19.1 Å². The van der Waals surface area contributed by atoms with Crippen molar-refractivity contribution >= 4 is 11.7 Å². The molecule has 1 amide bonds. The molecule has 0 aliphatic carbocycles. The van der Waals surface area contributed by atoms with Crippen LogP contribution in [0.4, 0.5) is 5.82 Å².